The smallest absolute Gasteiger partial charge is 0.201 e. The fraction of sp³-hybridized carbons (Fsp3) is 0.512. The van der Waals surface area contributed by atoms with E-state index in [2.05, 4.69) is 25.6 Å². The van der Waals surface area contributed by atoms with Crippen LogP contribution in [-0.2, 0) is 0 Å². The van der Waals surface area contributed by atoms with E-state index in [0.29, 0.717) is 23.7 Å². The van der Waals surface area contributed by atoms with Crippen LogP contribution in [0.25, 0.3) is 22.3 Å². The molecule has 3 aromatic carbocycles. The number of rotatable bonds is 14. The molecule has 3 aromatic rings. The third kappa shape index (κ3) is 8.63. The second-order valence-electron chi connectivity index (χ2n) is 13.6. The second-order valence-corrected chi connectivity index (χ2v) is 13.6. The van der Waals surface area contributed by atoms with Crippen molar-refractivity contribution in [2.75, 3.05) is 6.61 Å². The predicted molar refractivity (Wildman–Crippen MR) is 181 cm³/mol. The topological polar surface area (TPSA) is 9.23 Å². The third-order valence-corrected chi connectivity index (χ3v) is 10.6. The van der Waals surface area contributed by atoms with Crippen LogP contribution < -0.4 is 4.74 Å². The molecule has 2 saturated carbocycles. The van der Waals surface area contributed by atoms with Crippen LogP contribution in [0.2, 0.25) is 0 Å². The lowest BCUT2D eigenvalue weighted by atomic mass is 9.68. The monoisotopic (exact) mass is 616 g/mol. The molecule has 242 valence electrons. The highest BCUT2D eigenvalue weighted by Gasteiger charge is 2.31. The maximum Gasteiger partial charge on any atom is 0.201 e. The van der Waals surface area contributed by atoms with E-state index in [1.54, 1.807) is 36.4 Å². The summed E-state index contributed by atoms with van der Waals surface area (Å²) in [7, 11) is 0. The fourth-order valence-corrected chi connectivity index (χ4v) is 7.83. The summed E-state index contributed by atoms with van der Waals surface area (Å²) in [5, 5.41) is 0. The van der Waals surface area contributed by atoms with Gasteiger partial charge in [0.2, 0.25) is 5.82 Å². The Morgan fingerprint density at radius 1 is 0.711 bits per heavy atom. The van der Waals surface area contributed by atoms with Crippen molar-refractivity contribution in [3.63, 3.8) is 0 Å². The van der Waals surface area contributed by atoms with Crippen LogP contribution in [0.1, 0.15) is 115 Å². The molecule has 45 heavy (non-hydrogen) atoms. The summed E-state index contributed by atoms with van der Waals surface area (Å²) in [5.74, 6) is 0.830. The minimum atomic E-state index is -0.965. The Kier molecular flexibility index (Phi) is 12.2. The van der Waals surface area contributed by atoms with E-state index in [1.807, 2.05) is 6.07 Å². The molecule has 0 amide bonds. The van der Waals surface area contributed by atoms with Gasteiger partial charge >= 0.3 is 0 Å². The zero-order valence-corrected chi connectivity index (χ0v) is 27.1. The van der Waals surface area contributed by atoms with Gasteiger partial charge in [-0.25, -0.2) is 8.78 Å². The van der Waals surface area contributed by atoms with Gasteiger partial charge in [-0.15, -0.1) is 6.58 Å². The number of hydrogen-bond donors (Lipinski definition) is 0. The molecule has 0 bridgehead atoms. The highest BCUT2D eigenvalue weighted by atomic mass is 19.2. The van der Waals surface area contributed by atoms with E-state index in [1.165, 1.54) is 57.4 Å². The first-order chi connectivity index (χ1) is 22.0. The molecule has 0 spiro atoms. The lowest BCUT2D eigenvalue weighted by Crippen LogP contribution is -2.25. The molecule has 0 aliphatic heterocycles. The van der Waals surface area contributed by atoms with Crippen molar-refractivity contribution in [3.8, 4) is 28.0 Å². The summed E-state index contributed by atoms with van der Waals surface area (Å²) in [4.78, 5) is 0. The molecule has 2 aliphatic rings. The summed E-state index contributed by atoms with van der Waals surface area (Å²) in [6.07, 6.45) is 20.1. The molecule has 1 nitrogen and oxygen atoms in total. The van der Waals surface area contributed by atoms with Crippen molar-refractivity contribution in [2.45, 2.75) is 109 Å². The SMILES string of the molecule is C=CCCC1CCC(C2CCC(c3ccc(-c4ccc(-c5ccc(OCCCCCCC)c(F)c5F)cc4)c(F)c3)CC2)CC1. The number of hydrogen-bond acceptors (Lipinski definition) is 1. The first-order valence-corrected chi connectivity index (χ1v) is 17.6. The Hall–Kier alpha value is -3.01. The Bertz CT molecular complexity index is 1360. The van der Waals surface area contributed by atoms with E-state index < -0.39 is 11.6 Å². The molecule has 0 saturated heterocycles. The highest BCUT2D eigenvalue weighted by molar-refractivity contribution is 5.71. The second kappa shape index (κ2) is 16.5. The van der Waals surface area contributed by atoms with E-state index in [0.717, 1.165) is 73.8 Å². The molecule has 0 N–H and O–H groups in total. The highest BCUT2D eigenvalue weighted by Crippen LogP contribution is 2.45. The van der Waals surface area contributed by atoms with Gasteiger partial charge in [0.1, 0.15) is 5.82 Å². The van der Waals surface area contributed by atoms with Crippen molar-refractivity contribution in [1.29, 1.82) is 0 Å². The van der Waals surface area contributed by atoms with Gasteiger partial charge in [-0.2, -0.15) is 4.39 Å². The van der Waals surface area contributed by atoms with E-state index in [9.17, 15) is 4.39 Å². The van der Waals surface area contributed by atoms with Crippen molar-refractivity contribution in [3.05, 3.63) is 90.3 Å². The van der Waals surface area contributed by atoms with Gasteiger partial charge in [-0.1, -0.05) is 87.9 Å². The normalized spacial score (nSPS) is 21.9. The summed E-state index contributed by atoms with van der Waals surface area (Å²) < 4.78 is 50.7. The van der Waals surface area contributed by atoms with Gasteiger partial charge < -0.3 is 4.74 Å². The van der Waals surface area contributed by atoms with E-state index in [-0.39, 0.29) is 17.1 Å². The molecule has 0 aromatic heterocycles. The molecule has 5 rings (SSSR count). The lowest BCUT2D eigenvalue weighted by molar-refractivity contribution is 0.157. The molecule has 4 heteroatoms. The van der Waals surface area contributed by atoms with Gasteiger partial charge in [0, 0.05) is 11.1 Å². The Morgan fingerprint density at radius 2 is 1.33 bits per heavy atom. The minimum Gasteiger partial charge on any atom is -0.490 e. The van der Waals surface area contributed by atoms with E-state index >= 15 is 8.78 Å². The van der Waals surface area contributed by atoms with Gasteiger partial charge in [0.25, 0.3) is 0 Å². The van der Waals surface area contributed by atoms with Crippen LogP contribution in [0, 0.1) is 35.2 Å². The lowest BCUT2D eigenvalue weighted by Gasteiger charge is -2.38. The quantitative estimate of drug-likeness (QED) is 0.129. The number of unbranched alkanes of at least 4 members (excludes halogenated alkanes) is 4. The molecule has 0 heterocycles. The number of ether oxygens (including phenoxy) is 1. The average Bonchev–Trinajstić information content (AvgIpc) is 3.08. The van der Waals surface area contributed by atoms with Gasteiger partial charge in [0.15, 0.2) is 11.6 Å². The molecule has 2 aliphatic carbocycles. The summed E-state index contributed by atoms with van der Waals surface area (Å²) in [5.41, 5.74) is 3.06. The molecule has 0 unspecified atom stereocenters. The van der Waals surface area contributed by atoms with Crippen LogP contribution in [0.5, 0.6) is 5.75 Å². The number of benzene rings is 3. The van der Waals surface area contributed by atoms with Gasteiger partial charge in [-0.3, -0.25) is 0 Å². The van der Waals surface area contributed by atoms with Crippen molar-refractivity contribution in [1.82, 2.24) is 0 Å². The third-order valence-electron chi connectivity index (χ3n) is 10.6. The number of allylic oxidation sites excluding steroid dienone is 1. The van der Waals surface area contributed by atoms with Gasteiger partial charge in [0.05, 0.1) is 6.61 Å². The maximum atomic E-state index is 15.4. The summed E-state index contributed by atoms with van der Waals surface area (Å²) in [6, 6.07) is 15.7. The molecular weight excluding hydrogens is 565 g/mol. The summed E-state index contributed by atoms with van der Waals surface area (Å²) >= 11 is 0. The molecule has 0 radical (unpaired) electrons. The molecule has 2 fully saturated rings. The standard InChI is InChI=1S/C41H51F3O/c1-3-5-7-8-9-27-45-39-26-25-37(40(43)41(39)44)34-21-19-33(20-22-34)36-24-23-35(28-38(36)42)32-17-15-31(16-18-32)30-13-11-29(12-14-30)10-6-4-2/h4,19-26,28-32H,2-3,5-18,27H2,1H3. The zero-order valence-electron chi connectivity index (χ0n) is 27.1. The van der Waals surface area contributed by atoms with Crippen LogP contribution in [0.3, 0.4) is 0 Å². The van der Waals surface area contributed by atoms with E-state index in [4.69, 9.17) is 4.74 Å². The Balaban J connectivity index is 1.15. The molecule has 0 atom stereocenters. The summed E-state index contributed by atoms with van der Waals surface area (Å²) in [6.45, 7) is 6.40. The van der Waals surface area contributed by atoms with Crippen molar-refractivity contribution >= 4 is 0 Å². The van der Waals surface area contributed by atoms with Crippen molar-refractivity contribution < 1.29 is 17.9 Å². The van der Waals surface area contributed by atoms with Crippen LogP contribution in [-0.4, -0.2) is 6.61 Å². The van der Waals surface area contributed by atoms with Crippen LogP contribution in [0.4, 0.5) is 13.2 Å². The predicted octanol–water partition coefficient (Wildman–Crippen LogP) is 12.8. The molecular formula is C41H51F3O. The first kappa shape index (κ1) is 33.4. The zero-order chi connectivity index (χ0) is 31.6. The first-order valence-electron chi connectivity index (χ1n) is 17.6. The number of halogens is 3. The maximum absolute atomic E-state index is 15.4. The Labute approximate surface area is 269 Å². The largest absolute Gasteiger partial charge is 0.490 e. The van der Waals surface area contributed by atoms with Crippen LogP contribution >= 0.6 is 0 Å². The average molecular weight is 617 g/mol. The van der Waals surface area contributed by atoms with Crippen molar-refractivity contribution in [2.24, 2.45) is 17.8 Å². The van der Waals surface area contributed by atoms with Gasteiger partial charge in [-0.05, 0) is 116 Å². The van der Waals surface area contributed by atoms with Crippen LogP contribution in [0.15, 0.2) is 67.3 Å². The Morgan fingerprint density at radius 3 is 1.98 bits per heavy atom. The minimum absolute atomic E-state index is 0.0546. The fourth-order valence-electron chi connectivity index (χ4n) is 7.83.